The number of rotatable bonds is 3. The van der Waals surface area contributed by atoms with Crippen molar-refractivity contribution in [2.24, 2.45) is 9.50 Å². The number of carbonyl (C=O) groups is 1. The van der Waals surface area contributed by atoms with E-state index in [1.54, 1.807) is 0 Å². The fourth-order valence-electron chi connectivity index (χ4n) is 3.56. The van der Waals surface area contributed by atoms with E-state index in [1.807, 2.05) is 0 Å². The molecule has 2 heterocycles. The summed E-state index contributed by atoms with van der Waals surface area (Å²) in [6, 6.07) is 4.54. The third-order valence-electron chi connectivity index (χ3n) is 4.83. The van der Waals surface area contributed by atoms with Gasteiger partial charge in [0.1, 0.15) is 5.82 Å². The predicted molar refractivity (Wildman–Crippen MR) is 107 cm³/mol. The van der Waals surface area contributed by atoms with Crippen LogP contribution in [-0.2, 0) is 28.9 Å². The van der Waals surface area contributed by atoms with E-state index in [1.165, 1.54) is 24.4 Å². The minimum absolute atomic E-state index is 0.129. The Balaban J connectivity index is 1.90. The first-order valence-electron chi connectivity index (χ1n) is 9.31. The Morgan fingerprint density at radius 3 is 2.69 bits per heavy atom. The van der Waals surface area contributed by atoms with E-state index in [0.29, 0.717) is 18.4 Å². The molecule has 1 aliphatic carbocycles. The molecule has 1 aromatic carbocycles. The summed E-state index contributed by atoms with van der Waals surface area (Å²) in [7, 11) is -3.75. The van der Waals surface area contributed by atoms with Gasteiger partial charge in [-0.3, -0.25) is 5.10 Å². The van der Waals surface area contributed by atoms with Crippen molar-refractivity contribution in [1.82, 2.24) is 15.2 Å². The molecule has 168 valence electrons. The van der Waals surface area contributed by atoms with E-state index < -0.39 is 39.2 Å². The third-order valence-corrected chi connectivity index (χ3v) is 6.09. The Hall–Kier alpha value is -3.32. The first-order chi connectivity index (χ1) is 15.1. The standard InChI is InChI=1S/C19H16F4N6O2S/c20-11-4-1-3-10(9-11)15-16(12-5-2-6-13(12)26-17(15)19(21,22)23)27-18(30)29-32(24,31)14-7-8-25-28-14/h1,3-4,7-9H,2,5-6H2,(H,25,28)(H3,24,26,27,29,30,31). The molecule has 2 aromatic heterocycles. The molecule has 1 aliphatic rings. The van der Waals surface area contributed by atoms with Gasteiger partial charge in [0, 0.05) is 17.5 Å². The number of nitrogens with one attached hydrogen (secondary N) is 2. The smallest absolute Gasteiger partial charge is 0.304 e. The van der Waals surface area contributed by atoms with Gasteiger partial charge >= 0.3 is 12.2 Å². The number of benzene rings is 1. The lowest BCUT2D eigenvalue weighted by Crippen LogP contribution is -2.20. The Morgan fingerprint density at radius 2 is 2.03 bits per heavy atom. The Morgan fingerprint density at radius 1 is 1.25 bits per heavy atom. The van der Waals surface area contributed by atoms with Crippen LogP contribution in [-0.4, -0.2) is 25.4 Å². The molecule has 0 radical (unpaired) electrons. The predicted octanol–water partition coefficient (Wildman–Crippen LogP) is 4.05. The highest BCUT2D eigenvalue weighted by molar-refractivity contribution is 7.91. The first-order valence-corrected chi connectivity index (χ1v) is 10.9. The SMILES string of the molecule is NS(=O)(=NC(=O)Nc1c2c(nc(C(F)(F)F)c1-c1cccc(F)c1)CCC2)c1cc[nH]n1. The van der Waals surface area contributed by atoms with Crippen LogP contribution < -0.4 is 10.5 Å². The zero-order chi connectivity index (χ0) is 23.1. The number of urea groups is 1. The molecule has 0 saturated heterocycles. The zero-order valence-electron chi connectivity index (χ0n) is 16.2. The minimum Gasteiger partial charge on any atom is -0.304 e. The molecule has 13 heteroatoms. The molecule has 8 nitrogen and oxygen atoms in total. The van der Waals surface area contributed by atoms with Crippen molar-refractivity contribution in [2.75, 3.05) is 5.32 Å². The van der Waals surface area contributed by atoms with Gasteiger partial charge in [-0.2, -0.15) is 18.3 Å². The molecule has 0 fully saturated rings. The van der Waals surface area contributed by atoms with Gasteiger partial charge in [0.25, 0.3) is 0 Å². The number of nitrogens with two attached hydrogens (primary N) is 1. The number of nitrogens with zero attached hydrogens (tertiary/aromatic N) is 3. The van der Waals surface area contributed by atoms with E-state index in [2.05, 4.69) is 24.9 Å². The van der Waals surface area contributed by atoms with Crippen LogP contribution in [0.15, 0.2) is 45.9 Å². The number of amides is 2. The minimum atomic E-state index is -4.88. The largest absolute Gasteiger partial charge is 0.434 e. The number of hydrogen-bond acceptors (Lipinski definition) is 4. The number of carbonyl (C=O) groups excluding carboxylic acids is 1. The number of H-pyrrole nitrogens is 1. The molecule has 3 aromatic rings. The van der Waals surface area contributed by atoms with E-state index in [0.717, 1.165) is 12.1 Å². The van der Waals surface area contributed by atoms with Crippen LogP contribution in [0.5, 0.6) is 0 Å². The number of alkyl halides is 3. The van der Waals surface area contributed by atoms with Crippen molar-refractivity contribution in [3.8, 4) is 11.1 Å². The maximum absolute atomic E-state index is 13.9. The fourth-order valence-corrected chi connectivity index (χ4v) is 4.39. The second-order valence-corrected chi connectivity index (χ2v) is 8.74. The van der Waals surface area contributed by atoms with Gasteiger partial charge in [-0.25, -0.2) is 23.5 Å². The van der Waals surface area contributed by atoms with Crippen LogP contribution in [0.25, 0.3) is 11.1 Å². The summed E-state index contributed by atoms with van der Waals surface area (Å²) in [5.41, 5.74) is -1.55. The second-order valence-electron chi connectivity index (χ2n) is 7.00. The number of aryl methyl sites for hydroxylation is 1. The van der Waals surface area contributed by atoms with Crippen molar-refractivity contribution < 1.29 is 26.6 Å². The Bertz CT molecular complexity index is 1310. The summed E-state index contributed by atoms with van der Waals surface area (Å²) >= 11 is 0. The monoisotopic (exact) mass is 468 g/mol. The average molecular weight is 468 g/mol. The van der Waals surface area contributed by atoms with Crippen molar-refractivity contribution in [3.63, 3.8) is 0 Å². The Labute approximate surface area is 179 Å². The summed E-state index contributed by atoms with van der Waals surface area (Å²) in [4.78, 5) is 16.4. The van der Waals surface area contributed by atoms with Crippen molar-refractivity contribution >= 4 is 21.6 Å². The van der Waals surface area contributed by atoms with Crippen molar-refractivity contribution in [3.05, 3.63) is 59.3 Å². The molecular weight excluding hydrogens is 452 g/mol. The van der Waals surface area contributed by atoms with Gasteiger partial charge in [0.05, 0.1) is 5.69 Å². The number of aromatic nitrogens is 3. The van der Waals surface area contributed by atoms with E-state index in [-0.39, 0.29) is 28.4 Å². The molecule has 0 bridgehead atoms. The molecule has 1 atom stereocenters. The molecule has 0 aliphatic heterocycles. The maximum atomic E-state index is 13.9. The van der Waals surface area contributed by atoms with Gasteiger partial charge in [0.15, 0.2) is 20.6 Å². The number of halogens is 4. The number of aromatic amines is 1. The average Bonchev–Trinajstić information content (AvgIpc) is 3.39. The van der Waals surface area contributed by atoms with Gasteiger partial charge in [0.2, 0.25) is 0 Å². The van der Waals surface area contributed by atoms with Gasteiger partial charge in [-0.05, 0) is 48.6 Å². The van der Waals surface area contributed by atoms with Crippen molar-refractivity contribution in [2.45, 2.75) is 30.5 Å². The molecule has 4 N–H and O–H groups in total. The van der Waals surface area contributed by atoms with Crippen LogP contribution in [0, 0.1) is 5.82 Å². The molecule has 0 spiro atoms. The van der Waals surface area contributed by atoms with Gasteiger partial charge in [-0.1, -0.05) is 12.1 Å². The highest BCUT2D eigenvalue weighted by atomic mass is 32.2. The van der Waals surface area contributed by atoms with Crippen LogP contribution in [0.4, 0.5) is 28.0 Å². The van der Waals surface area contributed by atoms with Gasteiger partial charge < -0.3 is 5.32 Å². The fraction of sp³-hybridized carbons (Fsp3) is 0.211. The van der Waals surface area contributed by atoms with E-state index in [9.17, 15) is 26.6 Å². The third kappa shape index (κ3) is 4.21. The highest BCUT2D eigenvalue weighted by Crippen LogP contribution is 2.44. The molecular formula is C19H16F4N6O2S. The number of pyridine rings is 1. The molecule has 32 heavy (non-hydrogen) atoms. The van der Waals surface area contributed by atoms with Crippen LogP contribution in [0.2, 0.25) is 0 Å². The summed E-state index contributed by atoms with van der Waals surface area (Å²) in [5, 5.41) is 13.7. The van der Waals surface area contributed by atoms with Crippen LogP contribution >= 0.6 is 0 Å². The topological polar surface area (TPSA) is 126 Å². The maximum Gasteiger partial charge on any atom is 0.434 e. The zero-order valence-corrected chi connectivity index (χ0v) is 17.1. The quantitative estimate of drug-likeness (QED) is 0.501. The first kappa shape index (κ1) is 21.9. The lowest BCUT2D eigenvalue weighted by molar-refractivity contribution is -0.140. The summed E-state index contributed by atoms with van der Waals surface area (Å²) in [6.45, 7) is 0. The second kappa shape index (κ2) is 7.98. The Kier molecular flexibility index (Phi) is 5.46. The van der Waals surface area contributed by atoms with Gasteiger partial charge in [-0.15, -0.1) is 4.36 Å². The molecule has 0 saturated carbocycles. The number of fused-ring (bicyclic) bond motifs is 1. The van der Waals surface area contributed by atoms with Crippen LogP contribution in [0.1, 0.15) is 23.4 Å². The van der Waals surface area contributed by atoms with E-state index >= 15 is 0 Å². The molecule has 2 amide bonds. The highest BCUT2D eigenvalue weighted by Gasteiger charge is 2.39. The van der Waals surface area contributed by atoms with Crippen molar-refractivity contribution in [1.29, 1.82) is 0 Å². The summed E-state index contributed by atoms with van der Waals surface area (Å²) in [6.07, 6.45) is -2.42. The lowest BCUT2D eigenvalue weighted by atomic mass is 9.97. The van der Waals surface area contributed by atoms with Crippen LogP contribution in [0.3, 0.4) is 0 Å². The normalized spacial score (nSPS) is 15.2. The van der Waals surface area contributed by atoms with E-state index in [4.69, 9.17) is 5.14 Å². The summed E-state index contributed by atoms with van der Waals surface area (Å²) in [5.74, 6) is -0.762. The lowest BCUT2D eigenvalue weighted by Gasteiger charge is -2.20. The molecule has 4 rings (SSSR count). The number of anilines is 1. The summed E-state index contributed by atoms with van der Waals surface area (Å²) < 4.78 is 71.5. The number of hydrogen-bond donors (Lipinski definition) is 3. The molecule has 1 unspecified atom stereocenters.